The summed E-state index contributed by atoms with van der Waals surface area (Å²) < 4.78 is 5.02. The lowest BCUT2D eigenvalue weighted by molar-refractivity contribution is -0.121. The number of hydrogen-bond acceptors (Lipinski definition) is 5. The highest BCUT2D eigenvalue weighted by atomic mass is 16.5. The summed E-state index contributed by atoms with van der Waals surface area (Å²) in [6, 6.07) is 13.3. The van der Waals surface area contributed by atoms with Gasteiger partial charge in [-0.1, -0.05) is 18.2 Å². The number of benzene rings is 2. The molecule has 0 radical (unpaired) electrons. The molecule has 0 aliphatic carbocycles. The lowest BCUT2D eigenvalue weighted by atomic mass is 10.2. The number of rotatable bonds is 5. The largest absolute Gasteiger partial charge is 0.452 e. The number of amides is 3. The van der Waals surface area contributed by atoms with E-state index in [-0.39, 0.29) is 30.2 Å². The van der Waals surface area contributed by atoms with E-state index in [1.807, 2.05) is 19.1 Å². The number of carbonyl (C=O) groups excluding carboxylic acids is 4. The maximum atomic E-state index is 12.2. The van der Waals surface area contributed by atoms with Gasteiger partial charge in [0.25, 0.3) is 5.91 Å². The van der Waals surface area contributed by atoms with Crippen LogP contribution in [-0.4, -0.2) is 30.3 Å². The zero-order valence-electron chi connectivity index (χ0n) is 14.7. The van der Waals surface area contributed by atoms with E-state index in [1.165, 1.54) is 12.1 Å². The molecule has 1 saturated heterocycles. The molecule has 27 heavy (non-hydrogen) atoms. The average molecular weight is 366 g/mol. The monoisotopic (exact) mass is 366 g/mol. The molecule has 1 aliphatic heterocycles. The van der Waals surface area contributed by atoms with Crippen molar-refractivity contribution in [2.24, 2.45) is 0 Å². The van der Waals surface area contributed by atoms with E-state index in [2.05, 4.69) is 5.32 Å². The van der Waals surface area contributed by atoms with Crippen LogP contribution in [0.4, 0.5) is 11.4 Å². The summed E-state index contributed by atoms with van der Waals surface area (Å²) in [5.74, 6) is -1.78. The standard InChI is InChI=1S/C20H18N2O5/c1-13-4-2-6-15(10-13)21-17(23)12-27-20(26)14-5-3-7-16(11-14)22-18(24)8-9-19(22)25/h2-7,10-11H,8-9,12H2,1H3,(H,21,23). The van der Waals surface area contributed by atoms with E-state index in [4.69, 9.17) is 4.74 Å². The first-order valence-electron chi connectivity index (χ1n) is 8.43. The summed E-state index contributed by atoms with van der Waals surface area (Å²) in [6.45, 7) is 1.46. The Labute approximate surface area is 155 Å². The fourth-order valence-corrected chi connectivity index (χ4v) is 2.77. The molecule has 1 heterocycles. The normalized spacial score (nSPS) is 13.6. The third-order valence-electron chi connectivity index (χ3n) is 4.03. The Bertz CT molecular complexity index is 906. The van der Waals surface area contributed by atoms with E-state index in [1.54, 1.807) is 24.3 Å². The number of ether oxygens (including phenoxy) is 1. The van der Waals surface area contributed by atoms with Gasteiger partial charge in [0.15, 0.2) is 6.61 Å². The second-order valence-electron chi connectivity index (χ2n) is 6.17. The highest BCUT2D eigenvalue weighted by molar-refractivity contribution is 6.20. The summed E-state index contributed by atoms with van der Waals surface area (Å²) in [5.41, 5.74) is 2.08. The summed E-state index contributed by atoms with van der Waals surface area (Å²) in [4.78, 5) is 48.8. The number of imide groups is 1. The summed E-state index contributed by atoms with van der Waals surface area (Å²) in [7, 11) is 0. The van der Waals surface area contributed by atoms with Crippen LogP contribution in [0.1, 0.15) is 28.8 Å². The number of anilines is 2. The molecular formula is C20H18N2O5. The smallest absolute Gasteiger partial charge is 0.338 e. The second kappa shape index (κ2) is 7.82. The molecule has 0 aromatic heterocycles. The van der Waals surface area contributed by atoms with Crippen LogP contribution in [-0.2, 0) is 19.1 Å². The van der Waals surface area contributed by atoms with Crippen molar-refractivity contribution in [3.63, 3.8) is 0 Å². The maximum Gasteiger partial charge on any atom is 0.338 e. The van der Waals surface area contributed by atoms with Crippen molar-refractivity contribution < 1.29 is 23.9 Å². The Kier molecular flexibility index (Phi) is 5.30. The Balaban J connectivity index is 1.61. The minimum absolute atomic E-state index is 0.156. The van der Waals surface area contributed by atoms with E-state index in [9.17, 15) is 19.2 Å². The van der Waals surface area contributed by atoms with Gasteiger partial charge in [-0.2, -0.15) is 0 Å². The number of aryl methyl sites for hydroxylation is 1. The Morgan fingerprint density at radius 2 is 1.74 bits per heavy atom. The Morgan fingerprint density at radius 1 is 1.04 bits per heavy atom. The third kappa shape index (κ3) is 4.38. The van der Waals surface area contributed by atoms with Crippen LogP contribution >= 0.6 is 0 Å². The average Bonchev–Trinajstić information content (AvgIpc) is 2.98. The van der Waals surface area contributed by atoms with Crippen LogP contribution in [0.15, 0.2) is 48.5 Å². The predicted octanol–water partition coefficient (Wildman–Crippen LogP) is 2.44. The van der Waals surface area contributed by atoms with Crippen molar-refractivity contribution in [2.75, 3.05) is 16.8 Å². The van der Waals surface area contributed by atoms with Gasteiger partial charge < -0.3 is 10.1 Å². The topological polar surface area (TPSA) is 92.8 Å². The van der Waals surface area contributed by atoms with Crippen LogP contribution < -0.4 is 10.2 Å². The van der Waals surface area contributed by atoms with E-state index < -0.39 is 18.5 Å². The number of carbonyl (C=O) groups is 4. The van der Waals surface area contributed by atoms with Gasteiger partial charge in [0, 0.05) is 18.5 Å². The van der Waals surface area contributed by atoms with Crippen molar-refractivity contribution in [1.29, 1.82) is 0 Å². The molecular weight excluding hydrogens is 348 g/mol. The molecule has 138 valence electrons. The fraction of sp³-hybridized carbons (Fsp3) is 0.200. The Morgan fingerprint density at radius 3 is 2.44 bits per heavy atom. The first-order valence-corrected chi connectivity index (χ1v) is 8.43. The van der Waals surface area contributed by atoms with E-state index >= 15 is 0 Å². The van der Waals surface area contributed by atoms with Gasteiger partial charge in [0.1, 0.15) is 0 Å². The zero-order chi connectivity index (χ0) is 19.4. The molecule has 2 aromatic rings. The molecule has 0 spiro atoms. The zero-order valence-corrected chi connectivity index (χ0v) is 14.7. The predicted molar refractivity (Wildman–Crippen MR) is 98.3 cm³/mol. The molecule has 0 saturated carbocycles. The highest BCUT2D eigenvalue weighted by Crippen LogP contribution is 2.23. The molecule has 1 fully saturated rings. The summed E-state index contributed by atoms with van der Waals surface area (Å²) in [6.07, 6.45) is 0.319. The highest BCUT2D eigenvalue weighted by Gasteiger charge is 2.30. The molecule has 0 unspecified atom stereocenters. The molecule has 2 aromatic carbocycles. The van der Waals surface area contributed by atoms with Crippen LogP contribution in [0, 0.1) is 6.92 Å². The lowest BCUT2D eigenvalue weighted by Crippen LogP contribution is -2.28. The third-order valence-corrected chi connectivity index (χ3v) is 4.03. The van der Waals surface area contributed by atoms with Crippen molar-refractivity contribution in [3.8, 4) is 0 Å². The van der Waals surface area contributed by atoms with Crippen LogP contribution in [0.25, 0.3) is 0 Å². The van der Waals surface area contributed by atoms with Gasteiger partial charge in [0.2, 0.25) is 11.8 Å². The van der Waals surface area contributed by atoms with Crippen LogP contribution in [0.5, 0.6) is 0 Å². The molecule has 3 amide bonds. The summed E-state index contributed by atoms with van der Waals surface area (Å²) >= 11 is 0. The van der Waals surface area contributed by atoms with Gasteiger partial charge in [0.05, 0.1) is 11.3 Å². The van der Waals surface area contributed by atoms with Gasteiger partial charge in [-0.3, -0.25) is 19.3 Å². The number of nitrogens with one attached hydrogen (secondary N) is 1. The minimum atomic E-state index is -0.713. The molecule has 7 nitrogen and oxygen atoms in total. The van der Waals surface area contributed by atoms with Gasteiger partial charge in [-0.05, 0) is 42.8 Å². The summed E-state index contributed by atoms with van der Waals surface area (Å²) in [5, 5.41) is 2.64. The molecule has 1 N–H and O–H groups in total. The van der Waals surface area contributed by atoms with Crippen LogP contribution in [0.3, 0.4) is 0 Å². The Hall–Kier alpha value is -3.48. The minimum Gasteiger partial charge on any atom is -0.452 e. The van der Waals surface area contributed by atoms with E-state index in [0.29, 0.717) is 11.4 Å². The molecule has 7 heteroatoms. The SMILES string of the molecule is Cc1cccc(NC(=O)COC(=O)c2cccc(N3C(=O)CCC3=O)c2)c1. The maximum absolute atomic E-state index is 12.2. The van der Waals surface area contributed by atoms with E-state index in [0.717, 1.165) is 10.5 Å². The lowest BCUT2D eigenvalue weighted by Gasteiger charge is -2.14. The number of nitrogens with zero attached hydrogens (tertiary/aromatic N) is 1. The molecule has 0 bridgehead atoms. The van der Waals surface area contributed by atoms with Crippen molar-refractivity contribution >= 4 is 35.1 Å². The van der Waals surface area contributed by atoms with Crippen molar-refractivity contribution in [2.45, 2.75) is 19.8 Å². The molecule has 1 aliphatic rings. The fourth-order valence-electron chi connectivity index (χ4n) is 2.77. The quantitative estimate of drug-likeness (QED) is 0.648. The first kappa shape index (κ1) is 18.3. The molecule has 3 rings (SSSR count). The van der Waals surface area contributed by atoms with Crippen LogP contribution in [0.2, 0.25) is 0 Å². The van der Waals surface area contributed by atoms with Crippen molar-refractivity contribution in [3.05, 3.63) is 59.7 Å². The number of hydrogen-bond donors (Lipinski definition) is 1. The van der Waals surface area contributed by atoms with Crippen molar-refractivity contribution in [1.82, 2.24) is 0 Å². The molecule has 0 atom stereocenters. The van der Waals surface area contributed by atoms with Gasteiger partial charge in [-0.15, -0.1) is 0 Å². The van der Waals surface area contributed by atoms with Gasteiger partial charge in [-0.25, -0.2) is 4.79 Å². The number of esters is 1. The first-order chi connectivity index (χ1) is 12.9. The second-order valence-corrected chi connectivity index (χ2v) is 6.17. The van der Waals surface area contributed by atoms with Gasteiger partial charge >= 0.3 is 5.97 Å².